The van der Waals surface area contributed by atoms with E-state index in [1.165, 1.54) is 6.33 Å². The van der Waals surface area contributed by atoms with E-state index in [4.69, 9.17) is 22.1 Å². The van der Waals surface area contributed by atoms with Gasteiger partial charge in [-0.3, -0.25) is 0 Å². The minimum atomic E-state index is 0.401. The van der Waals surface area contributed by atoms with E-state index < -0.39 is 0 Å². The highest BCUT2D eigenvalue weighted by atomic mass is 35.5. The van der Waals surface area contributed by atoms with Crippen molar-refractivity contribution < 1.29 is 4.74 Å². The molecule has 2 aromatic carbocycles. The largest absolute Gasteiger partial charge is 0.492 e. The number of nitrogens with zero attached hydrogens (tertiary/aromatic N) is 2. The quantitative estimate of drug-likeness (QED) is 0.572. The molecule has 26 heavy (non-hydrogen) atoms. The van der Waals surface area contributed by atoms with Crippen LogP contribution < -0.4 is 21.1 Å². The lowest BCUT2D eigenvalue weighted by molar-refractivity contribution is 0.342. The lowest BCUT2D eigenvalue weighted by Gasteiger charge is -2.15. The van der Waals surface area contributed by atoms with Crippen LogP contribution in [0.5, 0.6) is 5.75 Å². The van der Waals surface area contributed by atoms with Crippen LogP contribution in [-0.2, 0) is 0 Å². The van der Waals surface area contributed by atoms with Crippen molar-refractivity contribution in [2.75, 3.05) is 23.0 Å². The summed E-state index contributed by atoms with van der Waals surface area (Å²) in [4.78, 5) is 8.49. The van der Waals surface area contributed by atoms with Gasteiger partial charge in [-0.05, 0) is 43.7 Å². The molecule has 3 aromatic rings. The van der Waals surface area contributed by atoms with Crippen molar-refractivity contribution in [3.05, 3.63) is 59.4 Å². The molecule has 0 fully saturated rings. The van der Waals surface area contributed by atoms with Crippen molar-refractivity contribution in [2.45, 2.75) is 13.8 Å². The van der Waals surface area contributed by atoms with Crippen molar-refractivity contribution in [3.63, 3.8) is 0 Å². The normalized spacial score (nSPS) is 10.4. The fourth-order valence-electron chi connectivity index (χ4n) is 2.44. The predicted molar refractivity (Wildman–Crippen MR) is 107 cm³/mol. The van der Waals surface area contributed by atoms with Crippen LogP contribution in [0, 0.1) is 6.92 Å². The minimum Gasteiger partial charge on any atom is -0.492 e. The van der Waals surface area contributed by atoms with Crippen LogP contribution in [0.1, 0.15) is 12.5 Å². The summed E-state index contributed by atoms with van der Waals surface area (Å²) in [6, 6.07) is 13.2. The minimum absolute atomic E-state index is 0.401. The van der Waals surface area contributed by atoms with Gasteiger partial charge in [0.05, 0.1) is 12.3 Å². The highest BCUT2D eigenvalue weighted by molar-refractivity contribution is 6.31. The number of para-hydroxylation sites is 2. The number of benzene rings is 2. The van der Waals surface area contributed by atoms with Gasteiger partial charge in [0.2, 0.25) is 0 Å². The van der Waals surface area contributed by atoms with E-state index in [1.54, 1.807) is 0 Å². The summed E-state index contributed by atoms with van der Waals surface area (Å²) in [5.41, 5.74) is 9.21. The van der Waals surface area contributed by atoms with Gasteiger partial charge in [0.25, 0.3) is 0 Å². The second-order valence-electron chi connectivity index (χ2n) is 5.58. The van der Waals surface area contributed by atoms with E-state index >= 15 is 0 Å². The zero-order valence-electron chi connectivity index (χ0n) is 14.6. The molecule has 0 aliphatic rings. The first-order valence-corrected chi connectivity index (χ1v) is 8.59. The summed E-state index contributed by atoms with van der Waals surface area (Å²) in [5, 5.41) is 7.10. The fourth-order valence-corrected chi connectivity index (χ4v) is 2.62. The molecule has 7 heteroatoms. The van der Waals surface area contributed by atoms with Crippen LogP contribution in [0.25, 0.3) is 0 Å². The Balaban J connectivity index is 1.89. The second kappa shape index (κ2) is 7.93. The predicted octanol–water partition coefficient (Wildman–Crippen LogP) is 4.91. The van der Waals surface area contributed by atoms with Gasteiger partial charge in [0.1, 0.15) is 17.8 Å². The van der Waals surface area contributed by atoms with Crippen LogP contribution >= 0.6 is 11.6 Å². The molecule has 0 unspecified atom stereocenters. The molecule has 0 aliphatic heterocycles. The molecule has 0 radical (unpaired) electrons. The average molecular weight is 370 g/mol. The molecule has 0 saturated carbocycles. The molecule has 0 spiro atoms. The number of halogens is 1. The van der Waals surface area contributed by atoms with E-state index in [0.29, 0.717) is 29.0 Å². The van der Waals surface area contributed by atoms with Gasteiger partial charge in [0, 0.05) is 10.7 Å². The number of ether oxygens (including phenoxy) is 1. The van der Waals surface area contributed by atoms with E-state index in [0.717, 1.165) is 22.7 Å². The smallest absolute Gasteiger partial charge is 0.159 e. The van der Waals surface area contributed by atoms with E-state index in [-0.39, 0.29) is 0 Å². The molecule has 0 aliphatic carbocycles. The summed E-state index contributed by atoms with van der Waals surface area (Å²) in [7, 11) is 0. The summed E-state index contributed by atoms with van der Waals surface area (Å²) in [6.07, 6.45) is 1.45. The zero-order valence-corrected chi connectivity index (χ0v) is 15.3. The average Bonchev–Trinajstić information content (AvgIpc) is 2.64. The Morgan fingerprint density at radius 3 is 2.38 bits per heavy atom. The Morgan fingerprint density at radius 2 is 1.65 bits per heavy atom. The second-order valence-corrected chi connectivity index (χ2v) is 5.98. The van der Waals surface area contributed by atoms with Gasteiger partial charge in [-0.25, -0.2) is 9.97 Å². The molecule has 1 aromatic heterocycles. The maximum atomic E-state index is 6.27. The maximum Gasteiger partial charge on any atom is 0.159 e. The Kier molecular flexibility index (Phi) is 5.43. The highest BCUT2D eigenvalue weighted by Crippen LogP contribution is 2.33. The summed E-state index contributed by atoms with van der Waals surface area (Å²) >= 11 is 6.18. The first-order valence-electron chi connectivity index (χ1n) is 8.21. The van der Waals surface area contributed by atoms with Crippen molar-refractivity contribution >= 4 is 40.3 Å². The topological polar surface area (TPSA) is 85.1 Å². The Hall–Kier alpha value is -2.99. The molecule has 3 rings (SSSR count). The Bertz CT molecular complexity index is 916. The van der Waals surface area contributed by atoms with Crippen molar-refractivity contribution in [2.24, 2.45) is 0 Å². The van der Waals surface area contributed by atoms with E-state index in [9.17, 15) is 0 Å². The van der Waals surface area contributed by atoms with Crippen LogP contribution in [-0.4, -0.2) is 16.6 Å². The zero-order chi connectivity index (χ0) is 18.5. The molecular weight excluding hydrogens is 350 g/mol. The Labute approximate surface area is 157 Å². The SMILES string of the molecule is CCOc1ccccc1Nc1ncnc(Nc2cccc(Cl)c2C)c1N. The van der Waals surface area contributed by atoms with Gasteiger partial charge in [0.15, 0.2) is 11.6 Å². The van der Waals surface area contributed by atoms with Gasteiger partial charge >= 0.3 is 0 Å². The molecule has 0 amide bonds. The number of nitrogens with two attached hydrogens (primary N) is 1. The van der Waals surface area contributed by atoms with Gasteiger partial charge in [-0.15, -0.1) is 0 Å². The van der Waals surface area contributed by atoms with Crippen LogP contribution in [0.2, 0.25) is 5.02 Å². The molecule has 0 bridgehead atoms. The lowest BCUT2D eigenvalue weighted by atomic mass is 10.2. The summed E-state index contributed by atoms with van der Waals surface area (Å²) < 4.78 is 5.63. The summed E-state index contributed by atoms with van der Waals surface area (Å²) in [5.74, 6) is 1.73. The first kappa shape index (κ1) is 17.8. The van der Waals surface area contributed by atoms with E-state index in [2.05, 4.69) is 20.6 Å². The summed E-state index contributed by atoms with van der Waals surface area (Å²) in [6.45, 7) is 4.43. The number of hydrogen-bond acceptors (Lipinski definition) is 6. The molecule has 4 N–H and O–H groups in total. The first-order chi connectivity index (χ1) is 12.6. The number of nitrogen functional groups attached to an aromatic ring is 1. The third-order valence-corrected chi connectivity index (χ3v) is 4.25. The number of nitrogens with one attached hydrogen (secondary N) is 2. The van der Waals surface area contributed by atoms with Crippen molar-refractivity contribution in [1.82, 2.24) is 9.97 Å². The standard InChI is InChI=1S/C19H20ClN5O/c1-3-26-16-10-5-4-8-15(16)25-19-17(21)18(22-11-23-19)24-14-9-6-7-13(20)12(14)2/h4-11H,3,21H2,1-2H3,(H2,22,23,24,25). The van der Waals surface area contributed by atoms with Crippen molar-refractivity contribution in [3.8, 4) is 5.75 Å². The van der Waals surface area contributed by atoms with Gasteiger partial charge < -0.3 is 21.1 Å². The van der Waals surface area contributed by atoms with Gasteiger partial charge in [-0.1, -0.05) is 29.8 Å². The van der Waals surface area contributed by atoms with Crippen LogP contribution in [0.3, 0.4) is 0 Å². The van der Waals surface area contributed by atoms with E-state index in [1.807, 2.05) is 56.3 Å². The molecule has 6 nitrogen and oxygen atoms in total. The monoisotopic (exact) mass is 369 g/mol. The number of rotatable bonds is 6. The lowest BCUT2D eigenvalue weighted by Crippen LogP contribution is -2.06. The van der Waals surface area contributed by atoms with Crippen molar-refractivity contribution in [1.29, 1.82) is 0 Å². The van der Waals surface area contributed by atoms with Crippen LogP contribution in [0.4, 0.5) is 28.7 Å². The molecule has 1 heterocycles. The molecule has 0 saturated heterocycles. The number of anilines is 5. The molecular formula is C19H20ClN5O. The van der Waals surface area contributed by atoms with Gasteiger partial charge in [-0.2, -0.15) is 0 Å². The molecule has 134 valence electrons. The highest BCUT2D eigenvalue weighted by Gasteiger charge is 2.12. The Morgan fingerprint density at radius 1 is 1.00 bits per heavy atom. The number of hydrogen-bond donors (Lipinski definition) is 3. The fraction of sp³-hybridized carbons (Fsp3) is 0.158. The maximum absolute atomic E-state index is 6.27. The third kappa shape index (κ3) is 3.81. The molecule has 0 atom stereocenters. The number of aromatic nitrogens is 2. The third-order valence-electron chi connectivity index (χ3n) is 3.84. The van der Waals surface area contributed by atoms with Crippen LogP contribution in [0.15, 0.2) is 48.8 Å².